The van der Waals surface area contributed by atoms with Crippen molar-refractivity contribution in [3.63, 3.8) is 0 Å². The number of nitrogens with two attached hydrogens (primary N) is 1. The molecule has 5 nitrogen and oxygen atoms in total. The quantitative estimate of drug-likeness (QED) is 0.854. The van der Waals surface area contributed by atoms with E-state index in [0.29, 0.717) is 18.3 Å². The van der Waals surface area contributed by atoms with Crippen molar-refractivity contribution in [2.24, 2.45) is 5.73 Å². The monoisotopic (exact) mass is 262 g/mol. The van der Waals surface area contributed by atoms with Gasteiger partial charge in [-0.05, 0) is 44.4 Å². The predicted molar refractivity (Wildman–Crippen MR) is 76.3 cm³/mol. The van der Waals surface area contributed by atoms with Gasteiger partial charge in [-0.3, -0.25) is 9.78 Å². The van der Waals surface area contributed by atoms with Gasteiger partial charge >= 0.3 is 0 Å². The molecule has 1 aromatic rings. The van der Waals surface area contributed by atoms with E-state index in [1.165, 1.54) is 19.3 Å². The predicted octanol–water partition coefficient (Wildman–Crippen LogP) is 1.15. The molecule has 1 aromatic heterocycles. The number of anilines is 1. The zero-order valence-electron chi connectivity index (χ0n) is 11.4. The summed E-state index contributed by atoms with van der Waals surface area (Å²) >= 11 is 0. The van der Waals surface area contributed by atoms with Crippen molar-refractivity contribution in [2.75, 3.05) is 25.0 Å². The molecule has 2 rings (SSSR count). The molecule has 0 spiro atoms. The average molecular weight is 262 g/mol. The molecule has 1 atom stereocenters. The van der Waals surface area contributed by atoms with Crippen LogP contribution in [0.3, 0.4) is 0 Å². The van der Waals surface area contributed by atoms with Crippen LogP contribution >= 0.6 is 0 Å². The third-order valence-electron chi connectivity index (χ3n) is 3.66. The minimum Gasteiger partial charge on any atom is -0.368 e. The highest BCUT2D eigenvalue weighted by Gasteiger charge is 2.22. The van der Waals surface area contributed by atoms with Crippen LogP contribution in [0, 0.1) is 0 Å². The number of carbonyl (C=O) groups excluding carboxylic acids is 1. The lowest BCUT2D eigenvalue weighted by Gasteiger charge is -2.37. The van der Waals surface area contributed by atoms with Gasteiger partial charge in [0.2, 0.25) is 0 Å². The fraction of sp³-hybridized carbons (Fsp3) is 0.571. The molecule has 0 aromatic carbocycles. The Morgan fingerprint density at radius 3 is 3.16 bits per heavy atom. The zero-order valence-corrected chi connectivity index (χ0v) is 11.4. The van der Waals surface area contributed by atoms with E-state index < -0.39 is 0 Å². The summed E-state index contributed by atoms with van der Waals surface area (Å²) in [6, 6.07) is 4.33. The molecule has 0 bridgehead atoms. The first-order chi connectivity index (χ1) is 9.26. The van der Waals surface area contributed by atoms with Crippen LogP contribution in [0.5, 0.6) is 0 Å². The smallest absolute Gasteiger partial charge is 0.269 e. The Labute approximate surface area is 114 Å². The van der Waals surface area contributed by atoms with Crippen molar-refractivity contribution in [3.8, 4) is 0 Å². The molecule has 5 heteroatoms. The third-order valence-corrected chi connectivity index (χ3v) is 3.66. The van der Waals surface area contributed by atoms with E-state index >= 15 is 0 Å². The molecule has 1 fully saturated rings. The highest BCUT2D eigenvalue weighted by atomic mass is 16.1. The fourth-order valence-corrected chi connectivity index (χ4v) is 2.68. The molecule has 0 saturated carbocycles. The Morgan fingerprint density at radius 1 is 1.58 bits per heavy atom. The molecule has 2 heterocycles. The van der Waals surface area contributed by atoms with Gasteiger partial charge in [0, 0.05) is 31.5 Å². The van der Waals surface area contributed by atoms with Gasteiger partial charge in [0.05, 0.1) is 0 Å². The molecule has 19 heavy (non-hydrogen) atoms. The highest BCUT2D eigenvalue weighted by molar-refractivity contribution is 5.92. The van der Waals surface area contributed by atoms with Crippen molar-refractivity contribution < 1.29 is 4.79 Å². The minimum atomic E-state index is -0.144. The minimum absolute atomic E-state index is 0.144. The van der Waals surface area contributed by atoms with Gasteiger partial charge in [0.15, 0.2) is 0 Å². The lowest BCUT2D eigenvalue weighted by atomic mass is 9.98. The van der Waals surface area contributed by atoms with Gasteiger partial charge in [0.1, 0.15) is 5.69 Å². The summed E-state index contributed by atoms with van der Waals surface area (Å²) in [5.41, 5.74) is 7.24. The van der Waals surface area contributed by atoms with Gasteiger partial charge < -0.3 is 16.0 Å². The summed E-state index contributed by atoms with van der Waals surface area (Å²) in [6.07, 6.45) is 6.33. The van der Waals surface area contributed by atoms with Crippen LogP contribution in [0.4, 0.5) is 5.69 Å². The van der Waals surface area contributed by atoms with Crippen LogP contribution in [0.2, 0.25) is 0 Å². The maximum atomic E-state index is 11.6. The van der Waals surface area contributed by atoms with E-state index in [2.05, 4.69) is 15.2 Å². The number of amides is 1. The van der Waals surface area contributed by atoms with Gasteiger partial charge in [-0.15, -0.1) is 0 Å². The number of carbonyl (C=O) groups is 1. The Bertz CT molecular complexity index is 433. The number of rotatable bonds is 4. The molecular weight excluding hydrogens is 240 g/mol. The number of hydrogen-bond donors (Lipinski definition) is 2. The number of piperidine rings is 1. The summed E-state index contributed by atoms with van der Waals surface area (Å²) in [7, 11) is 1.62. The molecule has 1 saturated heterocycles. The second-order valence-corrected chi connectivity index (χ2v) is 4.90. The number of nitrogens with one attached hydrogen (secondary N) is 1. The molecule has 1 unspecified atom stereocenters. The molecule has 0 radical (unpaired) electrons. The van der Waals surface area contributed by atoms with Gasteiger partial charge in [-0.1, -0.05) is 0 Å². The van der Waals surface area contributed by atoms with Crippen LogP contribution in [0.15, 0.2) is 18.3 Å². The van der Waals surface area contributed by atoms with Crippen molar-refractivity contribution >= 4 is 11.6 Å². The summed E-state index contributed by atoms with van der Waals surface area (Å²) in [5, 5.41) is 2.61. The van der Waals surface area contributed by atoms with Gasteiger partial charge in [0.25, 0.3) is 5.91 Å². The van der Waals surface area contributed by atoms with E-state index in [1.54, 1.807) is 13.2 Å². The summed E-state index contributed by atoms with van der Waals surface area (Å²) < 4.78 is 0. The summed E-state index contributed by atoms with van der Waals surface area (Å²) in [5.74, 6) is -0.144. The van der Waals surface area contributed by atoms with E-state index in [9.17, 15) is 4.79 Å². The second-order valence-electron chi connectivity index (χ2n) is 4.90. The van der Waals surface area contributed by atoms with Gasteiger partial charge in [-0.25, -0.2) is 0 Å². The first-order valence-corrected chi connectivity index (χ1v) is 6.91. The topological polar surface area (TPSA) is 71.2 Å². The normalized spacial score (nSPS) is 19.3. The van der Waals surface area contributed by atoms with Crippen LogP contribution in [0.25, 0.3) is 0 Å². The largest absolute Gasteiger partial charge is 0.368 e. The zero-order chi connectivity index (χ0) is 13.7. The van der Waals surface area contributed by atoms with E-state index in [4.69, 9.17) is 5.73 Å². The van der Waals surface area contributed by atoms with E-state index in [-0.39, 0.29) is 5.91 Å². The first kappa shape index (κ1) is 13.8. The standard InChI is InChI=1S/C14H22N4O/c1-16-14(19)13-10-12(6-8-17-13)18-9-3-2-4-11(18)5-7-15/h6,8,10-11H,2-5,7,9,15H2,1H3,(H,16,19). The molecule has 0 aliphatic carbocycles. The van der Waals surface area contributed by atoms with Crippen molar-refractivity contribution in [1.29, 1.82) is 0 Å². The Balaban J connectivity index is 2.21. The lowest BCUT2D eigenvalue weighted by molar-refractivity contribution is 0.0958. The summed E-state index contributed by atoms with van der Waals surface area (Å²) in [6.45, 7) is 1.73. The fourth-order valence-electron chi connectivity index (χ4n) is 2.68. The molecular formula is C14H22N4O. The Kier molecular flexibility index (Phi) is 4.74. The Hall–Kier alpha value is -1.62. The highest BCUT2D eigenvalue weighted by Crippen LogP contribution is 2.26. The average Bonchev–Trinajstić information content (AvgIpc) is 2.47. The van der Waals surface area contributed by atoms with E-state index in [0.717, 1.165) is 18.7 Å². The van der Waals surface area contributed by atoms with Crippen LogP contribution in [-0.4, -0.2) is 37.1 Å². The molecule has 1 aliphatic rings. The van der Waals surface area contributed by atoms with Crippen LogP contribution < -0.4 is 16.0 Å². The third kappa shape index (κ3) is 3.23. The van der Waals surface area contributed by atoms with Crippen molar-refractivity contribution in [3.05, 3.63) is 24.0 Å². The number of nitrogens with zero attached hydrogens (tertiary/aromatic N) is 2. The maximum absolute atomic E-state index is 11.6. The number of aromatic nitrogens is 1. The second kappa shape index (κ2) is 6.52. The number of pyridine rings is 1. The molecule has 3 N–H and O–H groups in total. The first-order valence-electron chi connectivity index (χ1n) is 6.91. The van der Waals surface area contributed by atoms with Crippen LogP contribution in [0.1, 0.15) is 36.2 Å². The van der Waals surface area contributed by atoms with Crippen LogP contribution in [-0.2, 0) is 0 Å². The lowest BCUT2D eigenvalue weighted by Crippen LogP contribution is -2.41. The van der Waals surface area contributed by atoms with Crippen molar-refractivity contribution in [1.82, 2.24) is 10.3 Å². The number of hydrogen-bond acceptors (Lipinski definition) is 4. The molecule has 104 valence electrons. The Morgan fingerprint density at radius 2 is 2.42 bits per heavy atom. The van der Waals surface area contributed by atoms with E-state index in [1.807, 2.05) is 12.1 Å². The summed E-state index contributed by atoms with van der Waals surface area (Å²) in [4.78, 5) is 18.1. The van der Waals surface area contributed by atoms with Crippen molar-refractivity contribution in [2.45, 2.75) is 31.7 Å². The molecule has 1 aliphatic heterocycles. The maximum Gasteiger partial charge on any atom is 0.269 e. The SMILES string of the molecule is CNC(=O)c1cc(N2CCCCC2CCN)ccn1. The van der Waals surface area contributed by atoms with Gasteiger partial charge in [-0.2, -0.15) is 0 Å². The molecule has 1 amide bonds.